The van der Waals surface area contributed by atoms with Crippen LogP contribution in [0.1, 0.15) is 26.1 Å². The second-order valence-electron chi connectivity index (χ2n) is 7.22. The van der Waals surface area contributed by atoms with Crippen molar-refractivity contribution in [1.82, 2.24) is 14.1 Å². The molecule has 2 aromatic carbocycles. The molecule has 0 aliphatic heterocycles. The molecule has 6 nitrogen and oxygen atoms in total. The average molecular weight is 362 g/mol. The van der Waals surface area contributed by atoms with Crippen LogP contribution in [0.15, 0.2) is 53.7 Å². The second kappa shape index (κ2) is 6.87. The van der Waals surface area contributed by atoms with Crippen molar-refractivity contribution in [3.8, 4) is 5.88 Å². The van der Waals surface area contributed by atoms with Gasteiger partial charge < -0.3 is 14.2 Å². The van der Waals surface area contributed by atoms with Gasteiger partial charge in [-0.05, 0) is 35.7 Å². The van der Waals surface area contributed by atoms with E-state index in [0.29, 0.717) is 17.8 Å². The summed E-state index contributed by atoms with van der Waals surface area (Å²) in [5, 5.41) is 14.3. The minimum atomic E-state index is -0.117. The fourth-order valence-electron chi connectivity index (χ4n) is 3.55. The molecule has 4 aromatic rings. The van der Waals surface area contributed by atoms with E-state index in [0.717, 1.165) is 35.3 Å². The lowest BCUT2D eigenvalue weighted by molar-refractivity contribution is 0.424. The van der Waals surface area contributed by atoms with Gasteiger partial charge in [0.25, 0.3) is 0 Å². The van der Waals surface area contributed by atoms with Gasteiger partial charge in [-0.25, -0.2) is 4.98 Å². The van der Waals surface area contributed by atoms with Crippen molar-refractivity contribution in [2.24, 2.45) is 11.1 Å². The number of nitrogens with zero attached hydrogens (tertiary/aromatic N) is 4. The van der Waals surface area contributed by atoms with Gasteiger partial charge in [-0.15, -0.1) is 4.91 Å². The summed E-state index contributed by atoms with van der Waals surface area (Å²) in [6.07, 6.45) is 1.03. The molecular weight excluding hydrogens is 340 g/mol. The average Bonchev–Trinajstić information content (AvgIpc) is 3.15. The predicted octanol–water partition coefficient (Wildman–Crippen LogP) is 5.19. The quantitative estimate of drug-likeness (QED) is 0.480. The standard InChI is InChI=1S/C21H22N4O2/c1-14(2)11-12-24-18-10-6-4-8-16(18)22-19(24)13-25-17-9-5-3-7-15(17)20(23-27)21(25)26/h3-10,14,26H,11-13H2,1-2H3. The summed E-state index contributed by atoms with van der Waals surface area (Å²) in [4.78, 5) is 16.0. The number of hydrogen-bond donors (Lipinski definition) is 1. The molecule has 0 aliphatic rings. The van der Waals surface area contributed by atoms with Crippen LogP contribution in [0, 0.1) is 10.8 Å². The molecule has 0 fully saturated rings. The molecular formula is C21H22N4O2. The molecule has 6 heteroatoms. The Labute approximate surface area is 157 Å². The highest BCUT2D eigenvalue weighted by molar-refractivity contribution is 5.95. The Morgan fingerprint density at radius 1 is 1.04 bits per heavy atom. The van der Waals surface area contributed by atoms with Crippen LogP contribution in [0.4, 0.5) is 5.69 Å². The molecule has 0 bridgehead atoms. The van der Waals surface area contributed by atoms with Crippen LogP contribution in [0.5, 0.6) is 5.88 Å². The Morgan fingerprint density at radius 3 is 2.48 bits per heavy atom. The minimum absolute atomic E-state index is 0.0791. The first-order chi connectivity index (χ1) is 13.1. The molecule has 0 radical (unpaired) electrons. The first-order valence-corrected chi connectivity index (χ1v) is 9.18. The van der Waals surface area contributed by atoms with E-state index in [-0.39, 0.29) is 11.6 Å². The van der Waals surface area contributed by atoms with Gasteiger partial charge in [0.1, 0.15) is 5.82 Å². The molecule has 0 amide bonds. The van der Waals surface area contributed by atoms with Crippen molar-refractivity contribution >= 4 is 27.6 Å². The van der Waals surface area contributed by atoms with Crippen LogP contribution >= 0.6 is 0 Å². The van der Waals surface area contributed by atoms with Crippen LogP contribution in [-0.4, -0.2) is 19.2 Å². The summed E-state index contributed by atoms with van der Waals surface area (Å²) in [6.45, 7) is 5.62. The largest absolute Gasteiger partial charge is 0.493 e. The van der Waals surface area contributed by atoms with Gasteiger partial charge in [0.2, 0.25) is 5.88 Å². The van der Waals surface area contributed by atoms with Crippen LogP contribution in [0.25, 0.3) is 21.9 Å². The van der Waals surface area contributed by atoms with E-state index < -0.39 is 0 Å². The second-order valence-corrected chi connectivity index (χ2v) is 7.22. The van der Waals surface area contributed by atoms with E-state index in [2.05, 4.69) is 29.7 Å². The molecule has 2 aromatic heterocycles. The Balaban J connectivity index is 1.85. The maximum absolute atomic E-state index is 11.2. The lowest BCUT2D eigenvalue weighted by atomic mass is 10.1. The number of fused-ring (bicyclic) bond motifs is 2. The topological polar surface area (TPSA) is 72.4 Å². The fourth-order valence-corrected chi connectivity index (χ4v) is 3.55. The highest BCUT2D eigenvalue weighted by Crippen LogP contribution is 2.38. The normalized spacial score (nSPS) is 11.7. The Bertz CT molecular complexity index is 1120. The summed E-state index contributed by atoms with van der Waals surface area (Å²) in [5.74, 6) is 1.31. The third kappa shape index (κ3) is 2.97. The van der Waals surface area contributed by atoms with Crippen molar-refractivity contribution in [3.63, 3.8) is 0 Å². The zero-order valence-electron chi connectivity index (χ0n) is 15.5. The number of rotatable bonds is 6. The number of nitroso groups, excluding NO2 is 1. The van der Waals surface area contributed by atoms with Crippen LogP contribution in [-0.2, 0) is 13.1 Å². The zero-order valence-corrected chi connectivity index (χ0v) is 15.5. The van der Waals surface area contributed by atoms with Gasteiger partial charge in [0.15, 0.2) is 5.69 Å². The SMILES string of the molecule is CC(C)CCn1c(Cn2c(O)c(N=O)c3ccccc32)nc2ccccc21. The predicted molar refractivity (Wildman–Crippen MR) is 107 cm³/mol. The molecule has 0 unspecified atom stereocenters. The molecule has 27 heavy (non-hydrogen) atoms. The number of imidazole rings is 1. The Hall–Kier alpha value is -3.15. The van der Waals surface area contributed by atoms with Crippen molar-refractivity contribution < 1.29 is 5.11 Å². The molecule has 138 valence electrons. The van der Waals surface area contributed by atoms with Gasteiger partial charge >= 0.3 is 0 Å². The fraction of sp³-hybridized carbons (Fsp3) is 0.286. The summed E-state index contributed by atoms with van der Waals surface area (Å²) in [7, 11) is 0. The summed E-state index contributed by atoms with van der Waals surface area (Å²) < 4.78 is 3.91. The maximum atomic E-state index is 11.2. The molecule has 0 saturated heterocycles. The van der Waals surface area contributed by atoms with E-state index in [4.69, 9.17) is 4.98 Å². The maximum Gasteiger partial charge on any atom is 0.222 e. The molecule has 0 aliphatic carbocycles. The summed E-state index contributed by atoms with van der Waals surface area (Å²) in [5.41, 5.74) is 2.86. The molecule has 0 atom stereocenters. The number of aromatic hydroxyl groups is 1. The van der Waals surface area contributed by atoms with E-state index in [1.807, 2.05) is 36.4 Å². The van der Waals surface area contributed by atoms with Gasteiger partial charge in [-0.2, -0.15) is 0 Å². The first-order valence-electron chi connectivity index (χ1n) is 9.18. The number of aryl methyl sites for hydroxylation is 1. The van der Waals surface area contributed by atoms with E-state index in [9.17, 15) is 10.0 Å². The van der Waals surface area contributed by atoms with Gasteiger partial charge in [-0.1, -0.05) is 44.2 Å². The van der Waals surface area contributed by atoms with Gasteiger partial charge in [0.05, 0.1) is 23.1 Å². The van der Waals surface area contributed by atoms with Gasteiger partial charge in [-0.3, -0.25) is 0 Å². The van der Waals surface area contributed by atoms with Crippen molar-refractivity contribution in [2.75, 3.05) is 0 Å². The van der Waals surface area contributed by atoms with Crippen molar-refractivity contribution in [2.45, 2.75) is 33.4 Å². The van der Waals surface area contributed by atoms with Crippen LogP contribution < -0.4 is 0 Å². The molecule has 2 heterocycles. The minimum Gasteiger partial charge on any atom is -0.493 e. The lowest BCUT2D eigenvalue weighted by Gasteiger charge is -2.12. The molecule has 4 rings (SSSR count). The Morgan fingerprint density at radius 2 is 1.74 bits per heavy atom. The van der Waals surface area contributed by atoms with Gasteiger partial charge in [0, 0.05) is 11.9 Å². The molecule has 0 saturated carbocycles. The number of para-hydroxylation sites is 3. The highest BCUT2D eigenvalue weighted by atomic mass is 16.3. The first kappa shape index (κ1) is 17.3. The number of hydrogen-bond acceptors (Lipinski definition) is 4. The monoisotopic (exact) mass is 362 g/mol. The van der Waals surface area contributed by atoms with Crippen molar-refractivity contribution in [3.05, 3.63) is 59.3 Å². The van der Waals surface area contributed by atoms with Crippen LogP contribution in [0.3, 0.4) is 0 Å². The molecule has 0 spiro atoms. The van der Waals surface area contributed by atoms with E-state index >= 15 is 0 Å². The smallest absolute Gasteiger partial charge is 0.222 e. The zero-order chi connectivity index (χ0) is 19.0. The summed E-state index contributed by atoms with van der Waals surface area (Å²) in [6, 6.07) is 15.4. The number of aromatic nitrogens is 3. The van der Waals surface area contributed by atoms with Crippen LogP contribution in [0.2, 0.25) is 0 Å². The van der Waals surface area contributed by atoms with E-state index in [1.54, 1.807) is 10.6 Å². The van der Waals surface area contributed by atoms with E-state index in [1.165, 1.54) is 0 Å². The summed E-state index contributed by atoms with van der Waals surface area (Å²) >= 11 is 0. The third-order valence-corrected chi connectivity index (χ3v) is 4.97. The number of benzene rings is 2. The third-order valence-electron chi connectivity index (χ3n) is 4.97. The lowest BCUT2D eigenvalue weighted by Crippen LogP contribution is -2.10. The molecule has 1 N–H and O–H groups in total. The van der Waals surface area contributed by atoms with Crippen molar-refractivity contribution in [1.29, 1.82) is 0 Å². The highest BCUT2D eigenvalue weighted by Gasteiger charge is 2.20. The Kier molecular flexibility index (Phi) is 4.39.